The molecule has 2 atom stereocenters. The predicted octanol–water partition coefficient (Wildman–Crippen LogP) is 1.30. The smallest absolute Gasteiger partial charge is 0.220 e. The lowest BCUT2D eigenvalue weighted by atomic mass is 10.1. The number of halogens is 1. The first kappa shape index (κ1) is 19.2. The lowest BCUT2D eigenvalue weighted by molar-refractivity contribution is -0.121. The average Bonchev–Trinajstić information content (AvgIpc) is 2.93. The van der Waals surface area contributed by atoms with Crippen LogP contribution in [0.15, 0.2) is 24.3 Å². The number of benzene rings is 1. The zero-order chi connectivity index (χ0) is 17.7. The molecule has 1 N–H and O–H groups in total. The molecule has 0 spiro atoms. The Morgan fingerprint density at radius 3 is 2.58 bits per heavy atom. The van der Waals surface area contributed by atoms with Gasteiger partial charge >= 0.3 is 0 Å². The van der Waals surface area contributed by atoms with Gasteiger partial charge in [-0.25, -0.2) is 12.7 Å². The van der Waals surface area contributed by atoms with Crippen molar-refractivity contribution in [3.8, 4) is 0 Å². The fourth-order valence-electron chi connectivity index (χ4n) is 2.53. The van der Waals surface area contributed by atoms with Crippen LogP contribution in [0.25, 0.3) is 0 Å². The standard InChI is InChI=1S/C16H23ClN2O4S/c1-19(2)24(21,22)11-13-9-23-10-15(13)18-16(20)8-5-12-3-6-14(17)7-4-12/h3-4,6-7,13,15H,5,8-11H2,1-2H3,(H,18,20)/t13-,15+/m0/s1. The van der Waals surface area contributed by atoms with E-state index in [9.17, 15) is 13.2 Å². The Morgan fingerprint density at radius 2 is 1.96 bits per heavy atom. The topological polar surface area (TPSA) is 75.7 Å². The van der Waals surface area contributed by atoms with Crippen molar-refractivity contribution in [3.05, 3.63) is 34.9 Å². The Bertz CT molecular complexity index is 661. The first-order valence-corrected chi connectivity index (χ1v) is 9.78. The van der Waals surface area contributed by atoms with Crippen LogP contribution in [0.2, 0.25) is 5.02 Å². The summed E-state index contributed by atoms with van der Waals surface area (Å²) in [5.74, 6) is -0.355. The molecule has 1 aliphatic heterocycles. The molecule has 134 valence electrons. The van der Waals surface area contributed by atoms with Crippen molar-refractivity contribution in [2.24, 2.45) is 5.92 Å². The highest BCUT2D eigenvalue weighted by atomic mass is 35.5. The molecule has 8 heteroatoms. The van der Waals surface area contributed by atoms with Crippen LogP contribution in [0.5, 0.6) is 0 Å². The van der Waals surface area contributed by atoms with E-state index >= 15 is 0 Å². The van der Waals surface area contributed by atoms with Gasteiger partial charge in [0.05, 0.1) is 25.0 Å². The Balaban J connectivity index is 1.85. The summed E-state index contributed by atoms with van der Waals surface area (Å²) in [5.41, 5.74) is 1.03. The molecule has 0 aliphatic carbocycles. The van der Waals surface area contributed by atoms with Crippen LogP contribution in [0.1, 0.15) is 12.0 Å². The van der Waals surface area contributed by atoms with Gasteiger partial charge in [0.2, 0.25) is 15.9 Å². The van der Waals surface area contributed by atoms with Crippen LogP contribution in [0.3, 0.4) is 0 Å². The molecule has 6 nitrogen and oxygen atoms in total. The van der Waals surface area contributed by atoms with E-state index in [0.29, 0.717) is 31.1 Å². The number of carbonyl (C=O) groups excluding carboxylic acids is 1. The molecule has 24 heavy (non-hydrogen) atoms. The van der Waals surface area contributed by atoms with Gasteiger partial charge in [-0.15, -0.1) is 0 Å². The van der Waals surface area contributed by atoms with Crippen LogP contribution in [0, 0.1) is 5.92 Å². The number of hydrogen-bond donors (Lipinski definition) is 1. The normalized spacial score (nSPS) is 21.2. The molecule has 1 aromatic carbocycles. The third-order valence-electron chi connectivity index (χ3n) is 4.08. The highest BCUT2D eigenvalue weighted by Crippen LogP contribution is 2.18. The maximum atomic E-state index is 12.1. The van der Waals surface area contributed by atoms with Crippen LogP contribution in [0.4, 0.5) is 0 Å². The van der Waals surface area contributed by atoms with Gasteiger partial charge in [0.25, 0.3) is 0 Å². The van der Waals surface area contributed by atoms with E-state index in [1.807, 2.05) is 12.1 Å². The molecule has 0 radical (unpaired) electrons. The number of amides is 1. The molecule has 0 saturated carbocycles. The molecule has 0 unspecified atom stereocenters. The van der Waals surface area contributed by atoms with Crippen molar-refractivity contribution in [1.82, 2.24) is 9.62 Å². The molecule has 1 amide bonds. The summed E-state index contributed by atoms with van der Waals surface area (Å²) in [6.45, 7) is 0.690. The SMILES string of the molecule is CN(C)S(=O)(=O)C[C@@H]1COC[C@H]1NC(=O)CCc1ccc(Cl)cc1. The van der Waals surface area contributed by atoms with Crippen molar-refractivity contribution in [3.63, 3.8) is 0 Å². The number of hydrogen-bond acceptors (Lipinski definition) is 4. The summed E-state index contributed by atoms with van der Waals surface area (Å²) in [6.07, 6.45) is 0.947. The third-order valence-corrected chi connectivity index (χ3v) is 6.29. The largest absolute Gasteiger partial charge is 0.379 e. The first-order chi connectivity index (χ1) is 11.3. The van der Waals surface area contributed by atoms with Crippen LogP contribution in [-0.4, -0.2) is 57.7 Å². The second-order valence-electron chi connectivity index (χ2n) is 6.16. The third kappa shape index (κ3) is 5.44. The number of carbonyl (C=O) groups is 1. The lowest BCUT2D eigenvalue weighted by Crippen LogP contribution is -2.43. The van der Waals surface area contributed by atoms with Crippen LogP contribution in [-0.2, 0) is 26.0 Å². The summed E-state index contributed by atoms with van der Waals surface area (Å²) < 4.78 is 30.6. The second kappa shape index (κ2) is 8.29. The maximum absolute atomic E-state index is 12.1. The summed E-state index contributed by atoms with van der Waals surface area (Å²) in [4.78, 5) is 12.1. The summed E-state index contributed by atoms with van der Waals surface area (Å²) in [6, 6.07) is 7.10. The van der Waals surface area contributed by atoms with Gasteiger partial charge in [-0.2, -0.15) is 0 Å². The number of nitrogens with one attached hydrogen (secondary N) is 1. The van der Waals surface area contributed by atoms with Gasteiger partial charge < -0.3 is 10.1 Å². The minimum Gasteiger partial charge on any atom is -0.379 e. The van der Waals surface area contributed by atoms with Gasteiger partial charge in [-0.05, 0) is 24.1 Å². The number of ether oxygens (including phenoxy) is 1. The molecule has 1 saturated heterocycles. The maximum Gasteiger partial charge on any atom is 0.220 e. The van der Waals surface area contributed by atoms with Crippen LogP contribution >= 0.6 is 11.6 Å². The zero-order valence-corrected chi connectivity index (χ0v) is 15.4. The van der Waals surface area contributed by atoms with Crippen molar-refractivity contribution in [2.75, 3.05) is 33.1 Å². The molecular formula is C16H23ClN2O4S. The summed E-state index contributed by atoms with van der Waals surface area (Å²) >= 11 is 5.83. The Hall–Kier alpha value is -1.15. The molecule has 2 rings (SSSR count). The number of aryl methyl sites for hydroxylation is 1. The fourth-order valence-corrected chi connectivity index (χ4v) is 3.82. The lowest BCUT2D eigenvalue weighted by Gasteiger charge is -2.21. The van der Waals surface area contributed by atoms with E-state index in [2.05, 4.69) is 5.32 Å². The Labute approximate surface area is 148 Å². The van der Waals surface area contributed by atoms with Crippen molar-refractivity contribution < 1.29 is 17.9 Å². The van der Waals surface area contributed by atoms with E-state index in [1.54, 1.807) is 12.1 Å². The highest BCUT2D eigenvalue weighted by molar-refractivity contribution is 7.89. The molecular weight excluding hydrogens is 352 g/mol. The Morgan fingerprint density at radius 1 is 1.29 bits per heavy atom. The fraction of sp³-hybridized carbons (Fsp3) is 0.562. The number of sulfonamides is 1. The van der Waals surface area contributed by atoms with Gasteiger partial charge in [-0.1, -0.05) is 23.7 Å². The minimum atomic E-state index is -3.32. The Kier molecular flexibility index (Phi) is 6.62. The average molecular weight is 375 g/mol. The van der Waals surface area contributed by atoms with Crippen molar-refractivity contribution >= 4 is 27.5 Å². The van der Waals surface area contributed by atoms with Gasteiger partial charge in [-0.3, -0.25) is 4.79 Å². The molecule has 1 fully saturated rings. The minimum absolute atomic E-state index is 0.0257. The van der Waals surface area contributed by atoms with E-state index < -0.39 is 10.0 Å². The van der Waals surface area contributed by atoms with Gasteiger partial charge in [0.1, 0.15) is 0 Å². The van der Waals surface area contributed by atoms with Gasteiger partial charge in [0, 0.05) is 31.5 Å². The predicted molar refractivity (Wildman–Crippen MR) is 93.5 cm³/mol. The molecule has 0 bridgehead atoms. The molecule has 0 aromatic heterocycles. The highest BCUT2D eigenvalue weighted by Gasteiger charge is 2.33. The zero-order valence-electron chi connectivity index (χ0n) is 13.9. The van der Waals surface area contributed by atoms with E-state index in [0.717, 1.165) is 5.56 Å². The first-order valence-electron chi connectivity index (χ1n) is 7.79. The summed E-state index contributed by atoms with van der Waals surface area (Å²) in [7, 11) is -0.311. The quantitative estimate of drug-likeness (QED) is 0.780. The van der Waals surface area contributed by atoms with E-state index in [4.69, 9.17) is 16.3 Å². The monoisotopic (exact) mass is 374 g/mol. The van der Waals surface area contributed by atoms with Gasteiger partial charge in [0.15, 0.2) is 0 Å². The number of rotatable bonds is 7. The van der Waals surface area contributed by atoms with Crippen molar-refractivity contribution in [2.45, 2.75) is 18.9 Å². The molecule has 1 heterocycles. The summed E-state index contributed by atoms with van der Waals surface area (Å²) in [5, 5.41) is 3.56. The second-order valence-corrected chi connectivity index (χ2v) is 8.82. The molecule has 1 aliphatic rings. The number of nitrogens with zero attached hydrogens (tertiary/aromatic N) is 1. The van der Waals surface area contributed by atoms with Crippen LogP contribution < -0.4 is 5.32 Å². The van der Waals surface area contributed by atoms with E-state index in [-0.39, 0.29) is 23.6 Å². The molecule has 1 aromatic rings. The van der Waals surface area contributed by atoms with Crippen molar-refractivity contribution in [1.29, 1.82) is 0 Å². The van der Waals surface area contributed by atoms with E-state index in [1.165, 1.54) is 18.4 Å².